The van der Waals surface area contributed by atoms with Crippen LogP contribution in [0.25, 0.3) is 0 Å². The lowest BCUT2D eigenvalue weighted by molar-refractivity contribution is -0.138. The van der Waals surface area contributed by atoms with Crippen LogP contribution in [0, 0.1) is 19.8 Å². The van der Waals surface area contributed by atoms with E-state index in [0.29, 0.717) is 18.0 Å². The van der Waals surface area contributed by atoms with E-state index in [9.17, 15) is 14.4 Å². The van der Waals surface area contributed by atoms with Gasteiger partial charge in [-0.2, -0.15) is 0 Å². The third-order valence-electron chi connectivity index (χ3n) is 4.75. The Bertz CT molecular complexity index is 908. The van der Waals surface area contributed by atoms with Crippen molar-refractivity contribution >= 4 is 23.5 Å². The smallest absolute Gasteiger partial charge is 0.328 e. The fourth-order valence-electron chi connectivity index (χ4n) is 3.19. The maximum Gasteiger partial charge on any atom is 0.328 e. The summed E-state index contributed by atoms with van der Waals surface area (Å²) < 4.78 is 0. The minimum atomic E-state index is -1.14. The molecular formula is C23H25NO5. The number of aryl methyl sites for hydroxylation is 2. The molecule has 0 bridgehead atoms. The van der Waals surface area contributed by atoms with Gasteiger partial charge in [0.1, 0.15) is 0 Å². The number of carbonyl (C=O) groups is 3. The predicted molar refractivity (Wildman–Crippen MR) is 111 cm³/mol. The number of hydrogen-bond donors (Lipinski definition) is 3. The van der Waals surface area contributed by atoms with Crippen molar-refractivity contribution in [2.75, 3.05) is 5.32 Å². The monoisotopic (exact) mass is 395 g/mol. The van der Waals surface area contributed by atoms with Crippen molar-refractivity contribution in [2.45, 2.75) is 33.1 Å². The molecule has 0 saturated carbocycles. The molecule has 3 rings (SSSR count). The molecule has 0 radical (unpaired) electrons. The van der Waals surface area contributed by atoms with Crippen LogP contribution in [0.1, 0.15) is 28.7 Å². The molecule has 0 unspecified atom stereocenters. The van der Waals surface area contributed by atoms with E-state index in [-0.39, 0.29) is 0 Å². The van der Waals surface area contributed by atoms with Gasteiger partial charge < -0.3 is 15.5 Å². The van der Waals surface area contributed by atoms with Crippen LogP contribution in [0.4, 0.5) is 5.69 Å². The molecule has 29 heavy (non-hydrogen) atoms. The zero-order chi connectivity index (χ0) is 21.4. The fraction of sp³-hybridized carbons (Fsp3) is 0.261. The molecule has 152 valence electrons. The zero-order valence-electron chi connectivity index (χ0n) is 16.5. The molecule has 6 heteroatoms. The van der Waals surface area contributed by atoms with Crippen LogP contribution < -0.4 is 5.32 Å². The minimum absolute atomic E-state index is 0.300. The molecular weight excluding hydrogens is 370 g/mol. The van der Waals surface area contributed by atoms with Crippen LogP contribution in [0.5, 0.6) is 0 Å². The van der Waals surface area contributed by atoms with Gasteiger partial charge in [-0.15, -0.1) is 0 Å². The van der Waals surface area contributed by atoms with Gasteiger partial charge in [0.2, 0.25) is 5.91 Å². The predicted octanol–water partition coefficient (Wildman–Crippen LogP) is 3.76. The third-order valence-corrected chi connectivity index (χ3v) is 4.75. The van der Waals surface area contributed by atoms with Gasteiger partial charge in [-0.3, -0.25) is 9.59 Å². The average Bonchev–Trinajstić information content (AvgIpc) is 3.05. The number of hydrogen-bond acceptors (Lipinski definition) is 3. The number of rotatable bonds is 5. The van der Waals surface area contributed by atoms with Crippen molar-refractivity contribution < 1.29 is 24.6 Å². The SMILES string of the molecule is Cc1ccc(NC(=O)C=CC(=O)O)cc1C.O=C(O)CC1Cc2ccccc2C1. The number of carboxylic acid groups (broad SMARTS) is 2. The first-order valence-electron chi connectivity index (χ1n) is 9.32. The second kappa shape index (κ2) is 10.2. The van der Waals surface area contributed by atoms with Crippen molar-refractivity contribution in [3.05, 3.63) is 76.9 Å². The Kier molecular flexibility index (Phi) is 7.71. The van der Waals surface area contributed by atoms with E-state index in [1.807, 2.05) is 38.1 Å². The topological polar surface area (TPSA) is 104 Å². The molecule has 0 aliphatic heterocycles. The second-order valence-electron chi connectivity index (χ2n) is 7.10. The van der Waals surface area contributed by atoms with Crippen molar-refractivity contribution in [1.29, 1.82) is 0 Å². The summed E-state index contributed by atoms with van der Waals surface area (Å²) in [5, 5.41) is 19.6. The lowest BCUT2D eigenvalue weighted by Gasteiger charge is -2.05. The maximum absolute atomic E-state index is 11.3. The summed E-state index contributed by atoms with van der Waals surface area (Å²) in [5.41, 5.74) is 5.52. The van der Waals surface area contributed by atoms with Crippen LogP contribution in [0.15, 0.2) is 54.6 Å². The number of nitrogens with one attached hydrogen (secondary N) is 1. The molecule has 1 aliphatic carbocycles. The first-order valence-corrected chi connectivity index (χ1v) is 9.32. The lowest BCUT2D eigenvalue weighted by Crippen LogP contribution is -2.08. The van der Waals surface area contributed by atoms with Crippen LogP contribution in [0.2, 0.25) is 0 Å². The Hall–Kier alpha value is -3.41. The van der Waals surface area contributed by atoms with Gasteiger partial charge in [0.15, 0.2) is 0 Å². The van der Waals surface area contributed by atoms with E-state index in [0.717, 1.165) is 36.1 Å². The Morgan fingerprint density at radius 3 is 2.10 bits per heavy atom. The highest BCUT2D eigenvalue weighted by atomic mass is 16.4. The lowest BCUT2D eigenvalue weighted by atomic mass is 10.0. The minimum Gasteiger partial charge on any atom is -0.481 e. The van der Waals surface area contributed by atoms with Crippen molar-refractivity contribution in [1.82, 2.24) is 0 Å². The van der Waals surface area contributed by atoms with Gasteiger partial charge in [-0.1, -0.05) is 30.3 Å². The molecule has 0 heterocycles. The molecule has 2 aromatic carbocycles. The highest BCUT2D eigenvalue weighted by molar-refractivity contribution is 6.02. The average molecular weight is 395 g/mol. The number of carbonyl (C=O) groups excluding carboxylic acids is 1. The third kappa shape index (κ3) is 7.25. The number of anilines is 1. The van der Waals surface area contributed by atoms with E-state index in [1.165, 1.54) is 11.1 Å². The normalized spacial score (nSPS) is 12.8. The van der Waals surface area contributed by atoms with Crippen molar-refractivity contribution in [3.8, 4) is 0 Å². The van der Waals surface area contributed by atoms with Gasteiger partial charge in [0.05, 0.1) is 0 Å². The summed E-state index contributed by atoms with van der Waals surface area (Å²) in [6.07, 6.45) is 3.95. The fourth-order valence-corrected chi connectivity index (χ4v) is 3.19. The summed E-state index contributed by atoms with van der Waals surface area (Å²) in [6, 6.07) is 13.7. The summed E-state index contributed by atoms with van der Waals surface area (Å²) in [6.45, 7) is 3.92. The van der Waals surface area contributed by atoms with E-state index in [4.69, 9.17) is 10.2 Å². The maximum atomic E-state index is 11.3. The number of amides is 1. The standard InChI is InChI=1S/C12H13NO3.C11H12O2/c1-8-3-4-10(7-9(8)2)13-11(14)5-6-12(15)16;12-11(13)7-8-5-9-3-1-2-4-10(9)6-8/h3-7H,1-2H3,(H,13,14)(H,15,16);1-4,8H,5-7H2,(H,12,13). The van der Waals surface area contributed by atoms with Gasteiger partial charge in [0, 0.05) is 24.3 Å². The Morgan fingerprint density at radius 2 is 1.59 bits per heavy atom. The van der Waals surface area contributed by atoms with Crippen LogP contribution in [-0.4, -0.2) is 28.1 Å². The number of fused-ring (bicyclic) bond motifs is 1. The molecule has 1 aliphatic rings. The van der Waals surface area contributed by atoms with E-state index in [1.54, 1.807) is 6.07 Å². The van der Waals surface area contributed by atoms with E-state index >= 15 is 0 Å². The first-order chi connectivity index (χ1) is 13.7. The molecule has 2 aromatic rings. The molecule has 6 nitrogen and oxygen atoms in total. The number of aliphatic carboxylic acids is 2. The van der Waals surface area contributed by atoms with Gasteiger partial charge in [-0.05, 0) is 67.0 Å². The number of carboxylic acids is 2. The summed E-state index contributed by atoms with van der Waals surface area (Å²) in [7, 11) is 0. The highest BCUT2D eigenvalue weighted by Gasteiger charge is 2.22. The van der Waals surface area contributed by atoms with Crippen molar-refractivity contribution in [3.63, 3.8) is 0 Å². The number of benzene rings is 2. The van der Waals surface area contributed by atoms with Gasteiger partial charge in [-0.25, -0.2) is 4.79 Å². The Labute approximate surface area is 169 Å². The Balaban J connectivity index is 0.000000211. The molecule has 1 amide bonds. The molecule has 3 N–H and O–H groups in total. The van der Waals surface area contributed by atoms with Crippen LogP contribution >= 0.6 is 0 Å². The van der Waals surface area contributed by atoms with Crippen LogP contribution in [-0.2, 0) is 27.2 Å². The van der Waals surface area contributed by atoms with Crippen LogP contribution in [0.3, 0.4) is 0 Å². The molecule has 0 spiro atoms. The zero-order valence-corrected chi connectivity index (χ0v) is 16.5. The summed E-state index contributed by atoms with van der Waals surface area (Å²) in [4.78, 5) is 31.9. The molecule has 0 atom stereocenters. The molecule has 0 saturated heterocycles. The van der Waals surface area contributed by atoms with Gasteiger partial charge >= 0.3 is 11.9 Å². The largest absolute Gasteiger partial charge is 0.481 e. The highest BCUT2D eigenvalue weighted by Crippen LogP contribution is 2.28. The Morgan fingerprint density at radius 1 is 0.966 bits per heavy atom. The summed E-state index contributed by atoms with van der Waals surface area (Å²) in [5.74, 6) is -1.96. The molecule has 0 fully saturated rings. The second-order valence-corrected chi connectivity index (χ2v) is 7.10. The van der Waals surface area contributed by atoms with Crippen molar-refractivity contribution in [2.24, 2.45) is 5.92 Å². The van der Waals surface area contributed by atoms with E-state index in [2.05, 4.69) is 17.4 Å². The quantitative estimate of drug-likeness (QED) is 0.669. The van der Waals surface area contributed by atoms with E-state index < -0.39 is 17.8 Å². The first kappa shape index (κ1) is 21.9. The summed E-state index contributed by atoms with van der Waals surface area (Å²) >= 11 is 0. The van der Waals surface area contributed by atoms with Gasteiger partial charge in [0.25, 0.3) is 0 Å². The molecule has 0 aromatic heterocycles.